The number of nitriles is 1. The third-order valence-corrected chi connectivity index (χ3v) is 5.08. The molecule has 0 aliphatic carbocycles. The molecule has 2 bridgehead atoms. The Morgan fingerprint density at radius 2 is 2.00 bits per heavy atom. The summed E-state index contributed by atoms with van der Waals surface area (Å²) in [6.07, 6.45) is 3.19. The summed E-state index contributed by atoms with van der Waals surface area (Å²) in [6.45, 7) is 0.0410. The summed E-state index contributed by atoms with van der Waals surface area (Å²) in [7, 11) is 0. The van der Waals surface area contributed by atoms with Gasteiger partial charge in [-0.05, 0) is 31.0 Å². The second-order valence-corrected chi connectivity index (χ2v) is 6.78. The zero-order chi connectivity index (χ0) is 18.1. The number of Topliss-reactive ketones (excluding diaryl/α,β-unsaturated/α-hetero) is 1. The van der Waals surface area contributed by atoms with Crippen LogP contribution in [0.3, 0.4) is 0 Å². The van der Waals surface area contributed by atoms with Gasteiger partial charge in [0, 0.05) is 36.6 Å². The van der Waals surface area contributed by atoms with E-state index in [1.54, 1.807) is 18.2 Å². The van der Waals surface area contributed by atoms with Gasteiger partial charge in [-0.1, -0.05) is 12.1 Å². The lowest BCUT2D eigenvalue weighted by molar-refractivity contribution is -0.120. The molecule has 0 amide bonds. The van der Waals surface area contributed by atoms with Gasteiger partial charge in [-0.3, -0.25) is 4.79 Å². The van der Waals surface area contributed by atoms with E-state index in [0.717, 1.165) is 18.7 Å². The number of piperidine rings is 1. The van der Waals surface area contributed by atoms with Crippen LogP contribution in [-0.4, -0.2) is 22.9 Å². The molecular weight excluding hydrogens is 333 g/mol. The normalized spacial score (nSPS) is 21.5. The molecule has 0 saturated carbocycles. The van der Waals surface area contributed by atoms with Crippen molar-refractivity contribution in [1.82, 2.24) is 4.98 Å². The first-order valence-electron chi connectivity index (χ1n) is 8.72. The van der Waals surface area contributed by atoms with Gasteiger partial charge >= 0.3 is 0 Å². The number of aromatic nitrogens is 1. The van der Waals surface area contributed by atoms with Gasteiger partial charge in [-0.15, -0.1) is 0 Å². The van der Waals surface area contributed by atoms with E-state index in [1.165, 1.54) is 6.07 Å². The number of carbonyl (C=O) groups is 1. The molecule has 1 unspecified atom stereocenters. The number of rotatable bonds is 4. The van der Waals surface area contributed by atoms with Gasteiger partial charge in [0.1, 0.15) is 24.0 Å². The maximum atomic E-state index is 14.0. The average molecular weight is 351 g/mol. The van der Waals surface area contributed by atoms with Gasteiger partial charge in [0.2, 0.25) is 5.88 Å². The van der Waals surface area contributed by atoms with Crippen LogP contribution in [0.25, 0.3) is 0 Å². The van der Waals surface area contributed by atoms with Crippen LogP contribution in [0, 0.1) is 17.1 Å². The Morgan fingerprint density at radius 1 is 1.23 bits per heavy atom. The third kappa shape index (κ3) is 3.13. The molecule has 2 aliphatic rings. The predicted molar refractivity (Wildman–Crippen MR) is 93.2 cm³/mol. The molecule has 26 heavy (non-hydrogen) atoms. The standard InChI is InChI=1S/C20H18FN3O2/c21-18-8-13(11-22)4-5-14(18)12-26-20-3-1-2-19(23-20)24-15-6-7-16(24)10-17(25)9-15/h1-5,8,15-16H,6-7,9-10,12H2/t15-,16?/m1/s1. The number of hydrogen-bond donors (Lipinski definition) is 0. The highest BCUT2D eigenvalue weighted by atomic mass is 19.1. The minimum Gasteiger partial charge on any atom is -0.473 e. The summed E-state index contributed by atoms with van der Waals surface area (Å²) in [4.78, 5) is 18.6. The van der Waals surface area contributed by atoms with E-state index >= 15 is 0 Å². The Labute approximate surface area is 151 Å². The molecule has 0 N–H and O–H groups in total. The fraction of sp³-hybridized carbons (Fsp3) is 0.350. The number of carbonyl (C=O) groups excluding carboxylic acids is 1. The van der Waals surface area contributed by atoms with Gasteiger partial charge in [-0.25, -0.2) is 4.39 Å². The van der Waals surface area contributed by atoms with Gasteiger partial charge in [0.25, 0.3) is 0 Å². The Morgan fingerprint density at radius 3 is 2.69 bits per heavy atom. The van der Waals surface area contributed by atoms with Crippen LogP contribution >= 0.6 is 0 Å². The van der Waals surface area contributed by atoms with Gasteiger partial charge in [0.15, 0.2) is 0 Å². The third-order valence-electron chi connectivity index (χ3n) is 5.08. The van der Waals surface area contributed by atoms with E-state index in [4.69, 9.17) is 10.00 Å². The van der Waals surface area contributed by atoms with Crippen LogP contribution < -0.4 is 9.64 Å². The van der Waals surface area contributed by atoms with Crippen LogP contribution in [0.15, 0.2) is 36.4 Å². The van der Waals surface area contributed by atoms with E-state index in [9.17, 15) is 9.18 Å². The monoisotopic (exact) mass is 351 g/mol. The molecule has 1 aromatic heterocycles. The van der Waals surface area contributed by atoms with Crippen LogP contribution in [0.5, 0.6) is 5.88 Å². The number of fused-ring (bicyclic) bond motifs is 2. The Kier molecular flexibility index (Phi) is 4.29. The number of hydrogen-bond acceptors (Lipinski definition) is 5. The maximum Gasteiger partial charge on any atom is 0.215 e. The Hall–Kier alpha value is -2.94. The molecule has 3 heterocycles. The minimum absolute atomic E-state index is 0.0410. The van der Waals surface area contributed by atoms with Crippen LogP contribution in [-0.2, 0) is 11.4 Å². The highest BCUT2D eigenvalue weighted by Crippen LogP contribution is 2.37. The van der Waals surface area contributed by atoms with E-state index < -0.39 is 5.82 Å². The fourth-order valence-corrected chi connectivity index (χ4v) is 3.86. The van der Waals surface area contributed by atoms with E-state index in [0.29, 0.717) is 30.1 Å². The van der Waals surface area contributed by atoms with Crippen molar-refractivity contribution in [3.63, 3.8) is 0 Å². The molecule has 6 heteroatoms. The van der Waals surface area contributed by atoms with Crippen molar-refractivity contribution in [3.8, 4) is 11.9 Å². The zero-order valence-electron chi connectivity index (χ0n) is 14.2. The minimum atomic E-state index is -0.465. The van der Waals surface area contributed by atoms with Crippen molar-refractivity contribution in [2.75, 3.05) is 4.90 Å². The first-order valence-corrected chi connectivity index (χ1v) is 8.72. The quantitative estimate of drug-likeness (QED) is 0.845. The summed E-state index contributed by atoms with van der Waals surface area (Å²) in [6, 6.07) is 12.2. The van der Waals surface area contributed by atoms with Crippen LogP contribution in [0.2, 0.25) is 0 Å². The molecule has 2 aliphatic heterocycles. The molecule has 132 valence electrons. The maximum absolute atomic E-state index is 14.0. The molecule has 0 spiro atoms. The summed E-state index contributed by atoms with van der Waals surface area (Å²) < 4.78 is 19.6. The molecule has 2 fully saturated rings. The second kappa shape index (κ2) is 6.75. The van der Waals surface area contributed by atoms with Crippen molar-refractivity contribution in [2.45, 2.75) is 44.4 Å². The van der Waals surface area contributed by atoms with Crippen molar-refractivity contribution >= 4 is 11.6 Å². The number of pyridine rings is 1. The molecule has 0 radical (unpaired) electrons. The number of nitrogens with zero attached hydrogens (tertiary/aromatic N) is 3. The molecule has 2 saturated heterocycles. The van der Waals surface area contributed by atoms with Crippen molar-refractivity contribution in [3.05, 3.63) is 53.3 Å². The molecule has 1 aromatic carbocycles. The second-order valence-electron chi connectivity index (χ2n) is 6.78. The SMILES string of the molecule is N#Cc1ccc(COc2cccc(N3C4CC[C@@H]3CC(=O)C4)n2)c(F)c1. The molecule has 5 nitrogen and oxygen atoms in total. The lowest BCUT2D eigenvalue weighted by Gasteiger charge is -2.35. The van der Waals surface area contributed by atoms with Crippen molar-refractivity contribution < 1.29 is 13.9 Å². The van der Waals surface area contributed by atoms with Crippen molar-refractivity contribution in [1.29, 1.82) is 5.26 Å². The first kappa shape index (κ1) is 16.5. The number of ether oxygens (including phenoxy) is 1. The van der Waals surface area contributed by atoms with Crippen LogP contribution in [0.1, 0.15) is 36.8 Å². The molecule has 2 aromatic rings. The molecular formula is C20H18FN3O2. The van der Waals surface area contributed by atoms with Crippen LogP contribution in [0.4, 0.5) is 10.2 Å². The average Bonchev–Trinajstić information content (AvgIpc) is 2.92. The van der Waals surface area contributed by atoms with Gasteiger partial charge in [-0.2, -0.15) is 10.2 Å². The van der Waals surface area contributed by atoms with E-state index in [1.807, 2.05) is 18.2 Å². The smallest absolute Gasteiger partial charge is 0.215 e. The highest BCUT2D eigenvalue weighted by molar-refractivity contribution is 5.83. The fourth-order valence-electron chi connectivity index (χ4n) is 3.86. The number of benzene rings is 1. The topological polar surface area (TPSA) is 66.2 Å². The summed E-state index contributed by atoms with van der Waals surface area (Å²) >= 11 is 0. The summed E-state index contributed by atoms with van der Waals surface area (Å²) in [5, 5.41) is 8.80. The first-order chi connectivity index (χ1) is 12.6. The van der Waals surface area contributed by atoms with Gasteiger partial charge < -0.3 is 9.64 Å². The summed E-state index contributed by atoms with van der Waals surface area (Å²) in [5.41, 5.74) is 0.654. The highest BCUT2D eigenvalue weighted by Gasteiger charge is 2.40. The molecule has 4 rings (SSSR count). The Bertz CT molecular complexity index is 877. The van der Waals surface area contributed by atoms with E-state index in [-0.39, 0.29) is 24.3 Å². The van der Waals surface area contributed by atoms with Crippen molar-refractivity contribution in [2.24, 2.45) is 0 Å². The number of anilines is 1. The summed E-state index contributed by atoms with van der Waals surface area (Å²) in [5.74, 6) is 1.09. The largest absolute Gasteiger partial charge is 0.473 e. The molecule has 2 atom stereocenters. The predicted octanol–water partition coefficient (Wildman–Crippen LogP) is 3.37. The van der Waals surface area contributed by atoms with E-state index in [2.05, 4.69) is 9.88 Å². The zero-order valence-corrected chi connectivity index (χ0v) is 14.2. The number of halogens is 1. The van der Waals surface area contributed by atoms with Gasteiger partial charge in [0.05, 0.1) is 11.6 Å². The Balaban J connectivity index is 1.49. The number of ketones is 1. The lowest BCUT2D eigenvalue weighted by atomic mass is 10.0. The lowest BCUT2D eigenvalue weighted by Crippen LogP contribution is -2.43.